The highest BCUT2D eigenvalue weighted by Gasteiger charge is 2.21. The zero-order valence-corrected chi connectivity index (χ0v) is 42.9. The molecule has 67 heavy (non-hydrogen) atoms. The minimum Gasteiger partial charge on any atom is -0.480 e. The van der Waals surface area contributed by atoms with Gasteiger partial charge in [-0.25, -0.2) is 4.79 Å². The third kappa shape index (κ3) is 46.1. The first kappa shape index (κ1) is 67.9. The topological polar surface area (TPSA) is 275 Å². The van der Waals surface area contributed by atoms with Crippen molar-refractivity contribution in [3.63, 3.8) is 0 Å². The van der Waals surface area contributed by atoms with E-state index in [0.29, 0.717) is 96.7 Å². The molecular formula is C47H90B2N7O10P. The zero-order valence-electron chi connectivity index (χ0n) is 41.7. The van der Waals surface area contributed by atoms with Crippen LogP contribution in [0.3, 0.4) is 0 Å². The van der Waals surface area contributed by atoms with Crippen LogP contribution in [0.1, 0.15) is 201 Å². The SMILES string of the molecule is CC.[B]C(=O)CC.[B]NC(CCCCNC(=O)C(CCCCNC(=O)[C@@H](N)CCCCNC(=O)CCC(NC(=O)CCCCCCCCCCCCCCCCC(=O)P)C(=O)O)NC)C(=O)O. The summed E-state index contributed by atoms with van der Waals surface area (Å²) >= 11 is 0. The molecule has 0 spiro atoms. The zero-order chi connectivity index (χ0) is 51.1. The first-order valence-electron chi connectivity index (χ1n) is 25.1. The molecule has 0 bridgehead atoms. The number of nitrogens with two attached hydrogens (primary N) is 1. The summed E-state index contributed by atoms with van der Waals surface area (Å²) in [5.41, 5.74) is 6.00. The van der Waals surface area contributed by atoms with Crippen LogP contribution in [0.4, 0.5) is 0 Å². The molecule has 0 aliphatic rings. The number of carboxylic acids is 2. The molecule has 10 N–H and O–H groups in total. The lowest BCUT2D eigenvalue weighted by Crippen LogP contribution is -2.43. The quantitative estimate of drug-likeness (QED) is 0.0222. The highest BCUT2D eigenvalue weighted by atomic mass is 31.0. The number of nitrogens with one attached hydrogen (secondary N) is 6. The van der Waals surface area contributed by atoms with Crippen molar-refractivity contribution in [3.8, 4) is 0 Å². The van der Waals surface area contributed by atoms with E-state index in [1.165, 1.54) is 51.4 Å². The van der Waals surface area contributed by atoms with E-state index < -0.39 is 30.1 Å². The molecule has 0 rings (SSSR count). The summed E-state index contributed by atoms with van der Waals surface area (Å²) in [5.74, 6) is -3.21. The Morgan fingerprint density at radius 1 is 0.522 bits per heavy atom. The number of amides is 4. The van der Waals surface area contributed by atoms with E-state index in [-0.39, 0.29) is 60.1 Å². The van der Waals surface area contributed by atoms with Crippen molar-refractivity contribution in [3.05, 3.63) is 0 Å². The molecule has 20 heteroatoms. The Bertz CT molecular complexity index is 1340. The van der Waals surface area contributed by atoms with Gasteiger partial charge in [0, 0.05) is 38.9 Å². The van der Waals surface area contributed by atoms with Gasteiger partial charge < -0.3 is 52.6 Å². The van der Waals surface area contributed by atoms with Crippen LogP contribution in [0.25, 0.3) is 0 Å². The number of likely N-dealkylation sites (N-methyl/N-ethyl adjacent to an activating group) is 1. The van der Waals surface area contributed by atoms with E-state index in [4.69, 9.17) is 18.8 Å². The number of rotatable bonds is 43. The van der Waals surface area contributed by atoms with Gasteiger partial charge in [-0.1, -0.05) is 107 Å². The minimum atomic E-state index is -1.17. The smallest absolute Gasteiger partial charge is 0.326 e. The van der Waals surface area contributed by atoms with Gasteiger partial charge in [-0.2, -0.15) is 0 Å². The molecule has 0 aromatic carbocycles. The van der Waals surface area contributed by atoms with Gasteiger partial charge in [-0.3, -0.25) is 28.8 Å². The van der Waals surface area contributed by atoms with Gasteiger partial charge in [0.05, 0.1) is 23.8 Å². The molecule has 5 atom stereocenters. The fourth-order valence-electron chi connectivity index (χ4n) is 6.75. The van der Waals surface area contributed by atoms with Crippen LogP contribution >= 0.6 is 9.24 Å². The van der Waals surface area contributed by atoms with Gasteiger partial charge in [0.2, 0.25) is 23.6 Å². The highest BCUT2D eigenvalue weighted by Crippen LogP contribution is 2.14. The maximum Gasteiger partial charge on any atom is 0.326 e. The van der Waals surface area contributed by atoms with E-state index in [9.17, 15) is 43.5 Å². The fourth-order valence-corrected chi connectivity index (χ4v) is 6.96. The first-order chi connectivity index (χ1) is 32.1. The van der Waals surface area contributed by atoms with Crippen LogP contribution in [0.5, 0.6) is 0 Å². The maximum atomic E-state index is 12.5. The summed E-state index contributed by atoms with van der Waals surface area (Å²) in [6.45, 7) is 6.94. The molecule has 0 saturated carbocycles. The van der Waals surface area contributed by atoms with E-state index >= 15 is 0 Å². The Kier molecular flexibility index (Phi) is 49.7. The van der Waals surface area contributed by atoms with Crippen molar-refractivity contribution < 1.29 is 48.6 Å². The van der Waals surface area contributed by atoms with Crippen LogP contribution in [0, 0.1) is 0 Å². The van der Waals surface area contributed by atoms with Crippen molar-refractivity contribution in [2.45, 2.75) is 225 Å². The lowest BCUT2D eigenvalue weighted by Gasteiger charge is -2.17. The molecule has 4 amide bonds. The molecular weight excluding hydrogens is 875 g/mol. The van der Waals surface area contributed by atoms with Crippen molar-refractivity contribution in [1.29, 1.82) is 0 Å². The maximum absolute atomic E-state index is 12.5. The second-order valence-electron chi connectivity index (χ2n) is 16.7. The summed E-state index contributed by atoms with van der Waals surface area (Å²) in [7, 11) is 13.8. The van der Waals surface area contributed by atoms with Crippen molar-refractivity contribution in [2.75, 3.05) is 26.7 Å². The van der Waals surface area contributed by atoms with Crippen LogP contribution in [-0.4, -0.2) is 124 Å². The number of carbonyl (C=O) groups is 8. The third-order valence-corrected chi connectivity index (χ3v) is 11.2. The third-order valence-electron chi connectivity index (χ3n) is 10.9. The summed E-state index contributed by atoms with van der Waals surface area (Å²) in [6.07, 6.45) is 22.4. The van der Waals surface area contributed by atoms with E-state index in [0.717, 1.165) is 32.1 Å². The molecule has 0 saturated heterocycles. The summed E-state index contributed by atoms with van der Waals surface area (Å²) in [6, 6.07) is -3.02. The normalized spacial score (nSPS) is 12.4. The van der Waals surface area contributed by atoms with Crippen LogP contribution < -0.4 is 37.5 Å². The number of aliphatic carboxylic acids is 2. The highest BCUT2D eigenvalue weighted by molar-refractivity contribution is 7.40. The van der Waals surface area contributed by atoms with Gasteiger partial charge in [-0.15, -0.1) is 0 Å². The Hall–Kier alpha value is -3.40. The van der Waals surface area contributed by atoms with Crippen molar-refractivity contribution in [2.24, 2.45) is 5.73 Å². The molecule has 384 valence electrons. The number of unbranched alkanes of at least 4 members (excludes halogenated alkanes) is 16. The average Bonchev–Trinajstić information content (AvgIpc) is 3.29. The molecule has 17 nitrogen and oxygen atoms in total. The van der Waals surface area contributed by atoms with Crippen molar-refractivity contribution >= 4 is 71.8 Å². The van der Waals surface area contributed by atoms with Crippen LogP contribution in [0.15, 0.2) is 0 Å². The van der Waals surface area contributed by atoms with Gasteiger partial charge in [0.25, 0.3) is 0 Å². The van der Waals surface area contributed by atoms with Crippen molar-refractivity contribution in [1.82, 2.24) is 31.8 Å². The molecule has 0 aromatic rings. The predicted molar refractivity (Wildman–Crippen MR) is 272 cm³/mol. The largest absolute Gasteiger partial charge is 0.480 e. The van der Waals surface area contributed by atoms with Gasteiger partial charge in [-0.05, 0) is 90.5 Å². The summed E-state index contributed by atoms with van der Waals surface area (Å²) in [5, 5.41) is 34.8. The molecule has 0 aliphatic heterocycles. The van der Waals surface area contributed by atoms with Gasteiger partial charge >= 0.3 is 11.9 Å². The molecule has 0 aliphatic carbocycles. The average molecular weight is 966 g/mol. The number of hydrogen-bond acceptors (Lipinski definition) is 11. The van der Waals surface area contributed by atoms with E-state index in [1.54, 1.807) is 14.0 Å². The minimum absolute atomic E-state index is 0.00664. The Balaban J connectivity index is -0.00000545. The van der Waals surface area contributed by atoms with Gasteiger partial charge in [0.1, 0.15) is 11.6 Å². The summed E-state index contributed by atoms with van der Waals surface area (Å²) < 4.78 is 0. The molecule has 0 heterocycles. The summed E-state index contributed by atoms with van der Waals surface area (Å²) in [4.78, 5) is 92.8. The lowest BCUT2D eigenvalue weighted by atomic mass is 10.0. The standard InChI is InChI=1S/C42H79BN7O9P.C3H5BO.C2H6/c1-45-33(40(55)48-31-21-18-24-35(50-43)42(58)59)23-17-20-30-47-39(54)32(44)22-16-19-29-46-36(51)28-27-34(41(56)57)49-37(52)25-14-12-10-8-6-4-2-3-5-7-9-11-13-15-26-38(53)60;1-2-3(4)5;1-2/h32-35,45,50H,2-31,44,60H2,1H3,(H,46,51)(H,47,54)(H,48,55)(H,49,52)(H,56,57)(H,58,59);2H2,1H3;1-2H3/t32-,33?,34?,35?;;/m0../s1. The Morgan fingerprint density at radius 3 is 1.34 bits per heavy atom. The second-order valence-corrected chi connectivity index (χ2v) is 17.3. The molecule has 4 radical (unpaired) electrons. The Morgan fingerprint density at radius 2 is 0.925 bits per heavy atom. The predicted octanol–water partition coefficient (Wildman–Crippen LogP) is 5.00. The number of hydrogen-bond donors (Lipinski definition) is 9. The number of carboxylic acid groups (broad SMARTS) is 2. The first-order valence-corrected chi connectivity index (χ1v) is 25.7. The molecule has 0 aromatic heterocycles. The monoisotopic (exact) mass is 966 g/mol. The molecule has 4 unspecified atom stereocenters. The number of carbonyl (C=O) groups excluding carboxylic acids is 6. The van der Waals surface area contributed by atoms with Crippen LogP contribution in [-0.2, 0) is 38.4 Å². The van der Waals surface area contributed by atoms with E-state index in [2.05, 4.69) is 48.9 Å². The van der Waals surface area contributed by atoms with Crippen LogP contribution in [0.2, 0.25) is 0 Å². The Labute approximate surface area is 408 Å². The second kappa shape index (κ2) is 49.0. The van der Waals surface area contributed by atoms with Gasteiger partial charge in [0.15, 0.2) is 15.8 Å². The van der Waals surface area contributed by atoms with E-state index in [1.807, 2.05) is 13.8 Å². The molecule has 0 fully saturated rings. The fraction of sp³-hybridized carbons (Fsp3) is 0.830. The lowest BCUT2D eigenvalue weighted by molar-refractivity contribution is -0.142.